The van der Waals surface area contributed by atoms with E-state index in [9.17, 15) is 25.2 Å². The summed E-state index contributed by atoms with van der Waals surface area (Å²) in [4.78, 5) is 0. The molecule has 2 rings (SSSR count). The molecule has 0 unspecified atom stereocenters. The molecule has 2 aliphatic rings. The first-order valence-corrected chi connectivity index (χ1v) is 7.81. The van der Waals surface area contributed by atoms with E-state index in [4.69, 9.17) is 0 Å². The molecular formula is C9H18F6NP. The summed E-state index contributed by atoms with van der Waals surface area (Å²) in [5, 5.41) is 0. The third-order valence-corrected chi connectivity index (χ3v) is 3.28. The van der Waals surface area contributed by atoms with E-state index in [-0.39, 0.29) is 0 Å². The average molecular weight is 285 g/mol. The number of hydrogen-bond acceptors (Lipinski definition) is 0. The van der Waals surface area contributed by atoms with Crippen LogP contribution in [0.2, 0.25) is 0 Å². The number of piperidine rings is 1. The van der Waals surface area contributed by atoms with Gasteiger partial charge in [0.2, 0.25) is 0 Å². The number of nitrogens with zero attached hydrogens (tertiary/aromatic N) is 1. The number of halogens is 6. The van der Waals surface area contributed by atoms with E-state index >= 15 is 0 Å². The van der Waals surface area contributed by atoms with Gasteiger partial charge in [-0.15, -0.1) is 0 Å². The summed E-state index contributed by atoms with van der Waals surface area (Å²) in [6.45, 7) is 6.00. The third kappa shape index (κ3) is 8.66. The second-order valence-electron chi connectivity index (χ2n) is 4.96. The summed E-state index contributed by atoms with van der Waals surface area (Å²) in [6, 6.07) is 0. The second kappa shape index (κ2) is 3.98. The molecule has 0 saturated carbocycles. The van der Waals surface area contributed by atoms with Gasteiger partial charge in [0, 0.05) is 12.8 Å². The molecule has 0 aromatic carbocycles. The van der Waals surface area contributed by atoms with Crippen molar-refractivity contribution in [3.8, 4) is 0 Å². The minimum atomic E-state index is -10.7. The van der Waals surface area contributed by atoms with Gasteiger partial charge in [-0.2, -0.15) is 0 Å². The molecule has 0 aromatic rings. The van der Waals surface area contributed by atoms with Crippen LogP contribution in [0.5, 0.6) is 0 Å². The zero-order chi connectivity index (χ0) is 13.3. The molecule has 0 bridgehead atoms. The van der Waals surface area contributed by atoms with Gasteiger partial charge in [-0.05, 0) is 19.3 Å². The molecule has 8 heteroatoms. The van der Waals surface area contributed by atoms with Gasteiger partial charge in [0.15, 0.2) is 0 Å². The van der Waals surface area contributed by atoms with Gasteiger partial charge < -0.3 is 4.48 Å². The zero-order valence-electron chi connectivity index (χ0n) is 9.53. The molecule has 17 heavy (non-hydrogen) atoms. The molecule has 106 valence electrons. The summed E-state index contributed by atoms with van der Waals surface area (Å²) in [5.74, 6) is 0. The Kier molecular flexibility index (Phi) is 3.52. The summed E-state index contributed by atoms with van der Waals surface area (Å²) in [5.41, 5.74) is 0. The molecule has 2 saturated heterocycles. The molecule has 2 heterocycles. The zero-order valence-corrected chi connectivity index (χ0v) is 10.4. The molecule has 0 N–H and O–H groups in total. The Balaban J connectivity index is 0.000000185. The first kappa shape index (κ1) is 15.0. The first-order chi connectivity index (χ1) is 7.36. The van der Waals surface area contributed by atoms with Crippen LogP contribution in [0.1, 0.15) is 32.1 Å². The molecule has 0 radical (unpaired) electrons. The third-order valence-electron chi connectivity index (χ3n) is 3.28. The molecule has 0 amide bonds. The fourth-order valence-electron chi connectivity index (χ4n) is 2.64. The normalized spacial score (nSPS) is 27.9. The van der Waals surface area contributed by atoms with Crippen LogP contribution in [-0.2, 0) is 0 Å². The Labute approximate surface area is 96.6 Å². The van der Waals surface area contributed by atoms with Gasteiger partial charge in [-0.3, -0.25) is 0 Å². The Hall–Kier alpha value is -0.0300. The van der Waals surface area contributed by atoms with Crippen molar-refractivity contribution in [2.45, 2.75) is 32.1 Å². The fraction of sp³-hybridized carbons (Fsp3) is 1.00. The van der Waals surface area contributed by atoms with E-state index in [2.05, 4.69) is 0 Å². The van der Waals surface area contributed by atoms with Gasteiger partial charge in [-0.25, -0.2) is 0 Å². The summed E-state index contributed by atoms with van der Waals surface area (Å²) < 4.78 is 60.7. The standard InChI is InChI=1S/C9H18N.F6P/c1-2-6-10(7-3-1)8-4-5-9-10;1-7(2,3,4,5)6/h1-9H2;/q+1;-1. The van der Waals surface area contributed by atoms with E-state index in [0.29, 0.717) is 0 Å². The van der Waals surface area contributed by atoms with Crippen LogP contribution >= 0.6 is 7.81 Å². The summed E-state index contributed by atoms with van der Waals surface area (Å²) >= 11 is 0. The molecule has 0 atom stereocenters. The SMILES string of the molecule is C1CC[N+]2(CC1)CCCC2.F[P-](F)(F)(F)(F)F. The molecule has 2 fully saturated rings. The molecule has 2 aliphatic heterocycles. The van der Waals surface area contributed by atoms with E-state index in [1.807, 2.05) is 0 Å². The molecule has 0 aromatic heterocycles. The van der Waals surface area contributed by atoms with Gasteiger partial charge in [0.25, 0.3) is 0 Å². The molecule has 1 spiro atoms. The predicted octanol–water partition coefficient (Wildman–Crippen LogP) is 5.16. The van der Waals surface area contributed by atoms with Crippen LogP contribution in [0.25, 0.3) is 0 Å². The Bertz CT molecular complexity index is 245. The Morgan fingerprint density at radius 1 is 0.529 bits per heavy atom. The van der Waals surface area contributed by atoms with E-state index < -0.39 is 7.81 Å². The van der Waals surface area contributed by atoms with Gasteiger partial charge in [0.05, 0.1) is 26.2 Å². The average Bonchev–Trinajstić information content (AvgIpc) is 2.49. The maximum absolute atomic E-state index is 10.7. The molecular weight excluding hydrogens is 267 g/mol. The number of rotatable bonds is 0. The van der Waals surface area contributed by atoms with Crippen LogP contribution in [-0.4, -0.2) is 30.7 Å². The van der Waals surface area contributed by atoms with Crippen molar-refractivity contribution in [1.29, 1.82) is 0 Å². The van der Waals surface area contributed by atoms with Crippen molar-refractivity contribution in [2.75, 3.05) is 26.2 Å². The van der Waals surface area contributed by atoms with Crippen molar-refractivity contribution < 1.29 is 29.7 Å². The van der Waals surface area contributed by atoms with Crippen molar-refractivity contribution in [3.05, 3.63) is 0 Å². The van der Waals surface area contributed by atoms with Gasteiger partial charge in [0.1, 0.15) is 0 Å². The van der Waals surface area contributed by atoms with Crippen molar-refractivity contribution in [1.82, 2.24) is 0 Å². The summed E-state index contributed by atoms with van der Waals surface area (Å²) in [7, 11) is -10.7. The van der Waals surface area contributed by atoms with Crippen LogP contribution in [0.15, 0.2) is 0 Å². The van der Waals surface area contributed by atoms with Crippen LogP contribution < -0.4 is 0 Å². The minimum absolute atomic E-state index is 1.50. The molecule has 1 nitrogen and oxygen atoms in total. The second-order valence-corrected chi connectivity index (χ2v) is 6.88. The van der Waals surface area contributed by atoms with Crippen molar-refractivity contribution >= 4 is 7.81 Å². The monoisotopic (exact) mass is 285 g/mol. The fourth-order valence-corrected chi connectivity index (χ4v) is 2.64. The quantitative estimate of drug-likeness (QED) is 0.327. The first-order valence-electron chi connectivity index (χ1n) is 5.78. The summed E-state index contributed by atoms with van der Waals surface area (Å²) in [6.07, 6.45) is 7.50. The van der Waals surface area contributed by atoms with Gasteiger partial charge in [-0.1, -0.05) is 0 Å². The predicted molar refractivity (Wildman–Crippen MR) is 56.4 cm³/mol. The van der Waals surface area contributed by atoms with E-state index in [1.165, 1.54) is 62.8 Å². The number of quaternary nitrogens is 1. The van der Waals surface area contributed by atoms with Crippen LogP contribution in [0.3, 0.4) is 0 Å². The van der Waals surface area contributed by atoms with Crippen molar-refractivity contribution in [2.24, 2.45) is 0 Å². The molecule has 0 aliphatic carbocycles. The van der Waals surface area contributed by atoms with E-state index in [1.54, 1.807) is 0 Å². The Morgan fingerprint density at radius 2 is 0.765 bits per heavy atom. The van der Waals surface area contributed by atoms with E-state index in [0.717, 1.165) is 0 Å². The maximum atomic E-state index is 9.87. The van der Waals surface area contributed by atoms with Gasteiger partial charge >= 0.3 is 33.0 Å². The van der Waals surface area contributed by atoms with Crippen molar-refractivity contribution in [3.63, 3.8) is 0 Å². The Morgan fingerprint density at radius 3 is 1.06 bits per heavy atom. The van der Waals surface area contributed by atoms with Crippen LogP contribution in [0, 0.1) is 0 Å². The van der Waals surface area contributed by atoms with Crippen LogP contribution in [0.4, 0.5) is 25.2 Å². The topological polar surface area (TPSA) is 0 Å². The number of hydrogen-bond donors (Lipinski definition) is 0.